The molecule has 4 heteroatoms. The molecule has 0 aliphatic carbocycles. The Hall–Kier alpha value is -1.52. The summed E-state index contributed by atoms with van der Waals surface area (Å²) >= 11 is 0. The van der Waals surface area contributed by atoms with E-state index in [1.54, 1.807) is 21.6 Å². The van der Waals surface area contributed by atoms with Crippen molar-refractivity contribution in [3.8, 4) is 0 Å². The Kier molecular flexibility index (Phi) is 4.61. The lowest BCUT2D eigenvalue weighted by atomic mass is 10.3. The molecule has 0 aromatic heterocycles. The maximum Gasteiger partial charge on any atom is 0.0766 e. The molecule has 0 radical (unpaired) electrons. The topological polar surface area (TPSA) is 24.7 Å². The highest BCUT2D eigenvalue weighted by molar-refractivity contribution is 8.76. The molecule has 90 valence electrons. The molecule has 0 atom stereocenters. The van der Waals surface area contributed by atoms with Crippen molar-refractivity contribution in [3.63, 3.8) is 0 Å². The summed E-state index contributed by atoms with van der Waals surface area (Å²) in [6.07, 6.45) is 0. The number of hydrogen-bond donors (Lipinski definition) is 0. The minimum atomic E-state index is 0.902. The molecule has 2 rings (SSSR count). The van der Waals surface area contributed by atoms with Crippen molar-refractivity contribution < 1.29 is 0 Å². The van der Waals surface area contributed by atoms with Gasteiger partial charge in [-0.3, -0.25) is 9.98 Å². The van der Waals surface area contributed by atoms with Gasteiger partial charge in [-0.25, -0.2) is 0 Å². The number of aliphatic imine (C=N–C) groups is 2. The molecule has 0 spiro atoms. The number of benzene rings is 2. The summed E-state index contributed by atoms with van der Waals surface area (Å²) in [7, 11) is 3.30. The zero-order valence-corrected chi connectivity index (χ0v) is 11.4. The van der Waals surface area contributed by atoms with Crippen LogP contribution in [-0.2, 0) is 0 Å². The summed E-state index contributed by atoms with van der Waals surface area (Å²) in [5.74, 6) is 0. The zero-order chi connectivity index (χ0) is 12.8. The molecule has 0 unspecified atom stereocenters. The third-order valence-electron chi connectivity index (χ3n) is 2.29. The first kappa shape index (κ1) is 12.9. The highest BCUT2D eigenvalue weighted by atomic mass is 33.1. The van der Waals surface area contributed by atoms with E-state index in [4.69, 9.17) is 0 Å². The van der Waals surface area contributed by atoms with Crippen molar-refractivity contribution in [2.24, 2.45) is 9.98 Å². The fourth-order valence-electron chi connectivity index (χ4n) is 1.41. The predicted octanol–water partition coefficient (Wildman–Crippen LogP) is 5.15. The largest absolute Gasteiger partial charge is 0.263 e. The van der Waals surface area contributed by atoms with Crippen LogP contribution in [0.3, 0.4) is 0 Å². The second-order valence-corrected chi connectivity index (χ2v) is 5.63. The van der Waals surface area contributed by atoms with E-state index in [0.717, 1.165) is 21.2 Å². The molecule has 0 fully saturated rings. The maximum atomic E-state index is 4.01. The van der Waals surface area contributed by atoms with E-state index in [-0.39, 0.29) is 0 Å². The quantitative estimate of drug-likeness (QED) is 0.555. The van der Waals surface area contributed by atoms with Crippen LogP contribution in [0.1, 0.15) is 0 Å². The van der Waals surface area contributed by atoms with Gasteiger partial charge >= 0.3 is 0 Å². The summed E-state index contributed by atoms with van der Waals surface area (Å²) in [5.41, 5.74) is 1.80. The van der Waals surface area contributed by atoms with E-state index in [2.05, 4.69) is 23.4 Å². The Morgan fingerprint density at radius 3 is 1.44 bits per heavy atom. The van der Waals surface area contributed by atoms with Gasteiger partial charge in [-0.15, -0.1) is 0 Å². The summed E-state index contributed by atoms with van der Waals surface area (Å²) in [4.78, 5) is 10.2. The van der Waals surface area contributed by atoms with Crippen molar-refractivity contribution >= 4 is 46.4 Å². The fourth-order valence-corrected chi connectivity index (χ4v) is 3.67. The van der Waals surface area contributed by atoms with Crippen LogP contribution >= 0.6 is 21.6 Å². The highest BCUT2D eigenvalue weighted by Crippen LogP contribution is 2.44. The molecule has 2 aromatic carbocycles. The summed E-state index contributed by atoms with van der Waals surface area (Å²) < 4.78 is 0. The third kappa shape index (κ3) is 3.03. The number of nitrogens with zero attached hydrogens (tertiary/aromatic N) is 2. The van der Waals surface area contributed by atoms with Crippen molar-refractivity contribution in [2.45, 2.75) is 9.79 Å². The summed E-state index contributed by atoms with van der Waals surface area (Å²) in [6.45, 7) is 7.16. The number of para-hydroxylation sites is 2. The van der Waals surface area contributed by atoms with Crippen LogP contribution in [0.2, 0.25) is 0 Å². The molecule has 0 amide bonds. The van der Waals surface area contributed by atoms with Crippen LogP contribution in [0.15, 0.2) is 68.3 Å². The molecule has 0 heterocycles. The molecule has 18 heavy (non-hydrogen) atoms. The average Bonchev–Trinajstić information content (AvgIpc) is 2.45. The van der Waals surface area contributed by atoms with Crippen LogP contribution in [0.25, 0.3) is 0 Å². The van der Waals surface area contributed by atoms with Gasteiger partial charge in [0.25, 0.3) is 0 Å². The Bertz CT molecular complexity index is 516. The van der Waals surface area contributed by atoms with E-state index in [0.29, 0.717) is 0 Å². The fraction of sp³-hybridized carbons (Fsp3) is 0. The van der Waals surface area contributed by atoms with E-state index in [1.807, 2.05) is 48.5 Å². The van der Waals surface area contributed by atoms with Gasteiger partial charge < -0.3 is 0 Å². The summed E-state index contributed by atoms with van der Waals surface area (Å²) in [5, 5.41) is 0. The molecular formula is C14H12N2S2. The normalized spacial score (nSPS) is 10.0. The monoisotopic (exact) mass is 272 g/mol. The van der Waals surface area contributed by atoms with Gasteiger partial charge in [0.15, 0.2) is 0 Å². The standard InChI is InChI=1S/C14H12N2S2/c1-15-11-7-3-5-9-13(11)17-18-14-10-6-4-8-12(14)16-2/h3-10H,1-2H2. The first-order valence-electron chi connectivity index (χ1n) is 5.31. The van der Waals surface area contributed by atoms with E-state index >= 15 is 0 Å². The van der Waals surface area contributed by atoms with Gasteiger partial charge in [0, 0.05) is 9.79 Å². The molecular weight excluding hydrogens is 260 g/mol. The van der Waals surface area contributed by atoms with Crippen molar-refractivity contribution in [1.29, 1.82) is 0 Å². The van der Waals surface area contributed by atoms with Gasteiger partial charge in [-0.1, -0.05) is 45.9 Å². The molecule has 2 nitrogen and oxygen atoms in total. The molecule has 0 aliphatic rings. The van der Waals surface area contributed by atoms with Crippen LogP contribution < -0.4 is 0 Å². The van der Waals surface area contributed by atoms with Crippen molar-refractivity contribution in [1.82, 2.24) is 0 Å². The lowest BCUT2D eigenvalue weighted by Gasteiger charge is -2.06. The van der Waals surface area contributed by atoms with Crippen LogP contribution in [-0.4, -0.2) is 13.4 Å². The SMILES string of the molecule is C=Nc1ccccc1SSc1ccccc1N=C. The van der Waals surface area contributed by atoms with E-state index in [1.165, 1.54) is 0 Å². The molecule has 0 saturated carbocycles. The predicted molar refractivity (Wildman–Crippen MR) is 83.0 cm³/mol. The zero-order valence-electron chi connectivity index (χ0n) is 9.74. The minimum absolute atomic E-state index is 0.902. The van der Waals surface area contributed by atoms with Crippen molar-refractivity contribution in [3.05, 3.63) is 48.5 Å². The number of hydrogen-bond acceptors (Lipinski definition) is 4. The van der Waals surface area contributed by atoms with E-state index in [9.17, 15) is 0 Å². The van der Waals surface area contributed by atoms with Crippen LogP contribution in [0.4, 0.5) is 11.4 Å². The Morgan fingerprint density at radius 1 is 0.667 bits per heavy atom. The highest BCUT2D eigenvalue weighted by Gasteiger charge is 2.04. The Balaban J connectivity index is 2.16. The molecule has 2 aromatic rings. The molecule has 0 bridgehead atoms. The second kappa shape index (κ2) is 6.42. The van der Waals surface area contributed by atoms with Gasteiger partial charge in [0.1, 0.15) is 0 Å². The smallest absolute Gasteiger partial charge is 0.0766 e. The molecule has 0 aliphatic heterocycles. The average molecular weight is 272 g/mol. The van der Waals surface area contributed by atoms with Gasteiger partial charge in [-0.2, -0.15) is 0 Å². The second-order valence-electron chi connectivity index (χ2n) is 3.42. The molecule has 0 saturated heterocycles. The van der Waals surface area contributed by atoms with Crippen molar-refractivity contribution in [2.75, 3.05) is 0 Å². The first-order valence-corrected chi connectivity index (χ1v) is 7.46. The van der Waals surface area contributed by atoms with Crippen LogP contribution in [0.5, 0.6) is 0 Å². The van der Waals surface area contributed by atoms with E-state index < -0.39 is 0 Å². The van der Waals surface area contributed by atoms with Gasteiger partial charge in [0.2, 0.25) is 0 Å². The summed E-state index contributed by atoms with van der Waals surface area (Å²) in [6, 6.07) is 15.9. The lowest BCUT2D eigenvalue weighted by molar-refractivity contribution is 1.39. The van der Waals surface area contributed by atoms with Gasteiger partial charge in [0.05, 0.1) is 11.4 Å². The molecule has 0 N–H and O–H groups in total. The minimum Gasteiger partial charge on any atom is -0.263 e. The first-order chi connectivity index (χ1) is 8.85. The third-order valence-corrected chi connectivity index (χ3v) is 4.75. The Labute approximate surface area is 115 Å². The Morgan fingerprint density at radius 2 is 1.06 bits per heavy atom. The lowest BCUT2D eigenvalue weighted by Crippen LogP contribution is -1.72. The maximum absolute atomic E-state index is 4.01. The van der Waals surface area contributed by atoms with Crippen LogP contribution in [0, 0.1) is 0 Å². The number of rotatable bonds is 5. The van der Waals surface area contributed by atoms with Gasteiger partial charge in [-0.05, 0) is 37.7 Å².